The van der Waals surface area contributed by atoms with E-state index in [0.717, 1.165) is 24.8 Å². The highest BCUT2D eigenvalue weighted by atomic mass is 16.5. The van der Waals surface area contributed by atoms with Crippen LogP contribution in [0.4, 0.5) is 0 Å². The summed E-state index contributed by atoms with van der Waals surface area (Å²) >= 11 is 0. The van der Waals surface area contributed by atoms with Gasteiger partial charge in [-0.2, -0.15) is 0 Å². The van der Waals surface area contributed by atoms with Gasteiger partial charge in [-0.05, 0) is 31.9 Å². The number of carbonyl (C=O) groups is 2. The van der Waals surface area contributed by atoms with Crippen molar-refractivity contribution in [3.8, 4) is 0 Å². The van der Waals surface area contributed by atoms with Crippen LogP contribution in [-0.4, -0.2) is 53.9 Å². The molecule has 1 aromatic rings. The second kappa shape index (κ2) is 6.58. The summed E-state index contributed by atoms with van der Waals surface area (Å²) < 4.78 is 5.61. The molecular formula is C17H22N2O3. The van der Waals surface area contributed by atoms with Crippen LogP contribution in [0.2, 0.25) is 0 Å². The van der Waals surface area contributed by atoms with Crippen molar-refractivity contribution < 1.29 is 14.3 Å². The Morgan fingerprint density at radius 1 is 1.09 bits per heavy atom. The number of benzene rings is 1. The van der Waals surface area contributed by atoms with Gasteiger partial charge in [0.15, 0.2) is 0 Å². The normalized spacial score (nSPS) is 25.6. The number of likely N-dealkylation sites (tertiary alicyclic amines) is 1. The van der Waals surface area contributed by atoms with Crippen LogP contribution in [-0.2, 0) is 20.9 Å². The molecule has 0 N–H and O–H groups in total. The molecule has 0 saturated carbocycles. The molecule has 0 aromatic heterocycles. The largest absolute Gasteiger partial charge is 0.375 e. The van der Waals surface area contributed by atoms with Gasteiger partial charge in [-0.25, -0.2) is 0 Å². The maximum absolute atomic E-state index is 12.4. The number of ether oxygens (including phenoxy) is 1. The Morgan fingerprint density at radius 3 is 2.36 bits per heavy atom. The molecule has 2 saturated heterocycles. The first kappa shape index (κ1) is 15.2. The molecule has 0 aliphatic carbocycles. The third kappa shape index (κ3) is 2.91. The van der Waals surface area contributed by atoms with Crippen molar-refractivity contribution >= 4 is 11.8 Å². The molecule has 2 amide bonds. The lowest BCUT2D eigenvalue weighted by atomic mass is 9.91. The third-order valence-electron chi connectivity index (χ3n) is 4.61. The van der Waals surface area contributed by atoms with E-state index in [1.54, 1.807) is 0 Å². The molecule has 2 fully saturated rings. The number of amides is 2. The Morgan fingerprint density at radius 2 is 1.73 bits per heavy atom. The minimum atomic E-state index is -0.134. The SMILES string of the molecule is CN1C2CCCC1C(=O)N(CCOCc1ccccc1)C2=O. The van der Waals surface area contributed by atoms with Crippen molar-refractivity contribution in [1.82, 2.24) is 9.80 Å². The van der Waals surface area contributed by atoms with Crippen molar-refractivity contribution in [2.45, 2.75) is 38.0 Å². The average Bonchev–Trinajstić information content (AvgIpc) is 2.54. The molecule has 2 bridgehead atoms. The molecule has 3 rings (SSSR count). The van der Waals surface area contributed by atoms with Crippen molar-refractivity contribution in [3.05, 3.63) is 35.9 Å². The van der Waals surface area contributed by atoms with E-state index in [1.165, 1.54) is 4.90 Å². The minimum absolute atomic E-state index is 0.0632. The molecule has 2 aliphatic rings. The Kier molecular flexibility index (Phi) is 4.55. The number of nitrogens with zero attached hydrogens (tertiary/aromatic N) is 2. The zero-order chi connectivity index (χ0) is 15.5. The lowest BCUT2D eigenvalue weighted by Crippen LogP contribution is -2.65. The summed E-state index contributed by atoms with van der Waals surface area (Å²) in [5.41, 5.74) is 1.09. The van der Waals surface area contributed by atoms with E-state index in [2.05, 4.69) is 0 Å². The zero-order valence-corrected chi connectivity index (χ0v) is 12.9. The average molecular weight is 302 g/mol. The van der Waals surface area contributed by atoms with Crippen LogP contribution < -0.4 is 0 Å². The molecule has 2 heterocycles. The number of piperazine rings is 1. The first-order chi connectivity index (χ1) is 10.7. The fourth-order valence-corrected chi connectivity index (χ4v) is 3.33. The van der Waals surface area contributed by atoms with Crippen molar-refractivity contribution in [2.75, 3.05) is 20.2 Å². The second-order valence-corrected chi connectivity index (χ2v) is 5.99. The molecule has 22 heavy (non-hydrogen) atoms. The Balaban J connectivity index is 1.53. The van der Waals surface area contributed by atoms with Crippen LogP contribution in [0.25, 0.3) is 0 Å². The Bertz CT molecular complexity index is 522. The van der Waals surface area contributed by atoms with Gasteiger partial charge in [0.1, 0.15) is 0 Å². The van der Waals surface area contributed by atoms with Crippen LogP contribution in [0, 0.1) is 0 Å². The summed E-state index contributed by atoms with van der Waals surface area (Å²) in [6.07, 6.45) is 2.65. The van der Waals surface area contributed by atoms with Gasteiger partial charge in [0.25, 0.3) is 0 Å². The number of hydrogen-bond acceptors (Lipinski definition) is 4. The summed E-state index contributed by atoms with van der Waals surface area (Å²) in [5, 5.41) is 0. The maximum Gasteiger partial charge on any atom is 0.246 e. The fraction of sp³-hybridized carbons (Fsp3) is 0.529. The van der Waals surface area contributed by atoms with Crippen LogP contribution >= 0.6 is 0 Å². The van der Waals surface area contributed by atoms with E-state index < -0.39 is 0 Å². The summed E-state index contributed by atoms with van der Waals surface area (Å²) in [4.78, 5) is 28.2. The summed E-state index contributed by atoms with van der Waals surface area (Å²) in [6.45, 7) is 1.24. The molecule has 118 valence electrons. The number of likely N-dealkylation sites (N-methyl/N-ethyl adjacent to an activating group) is 1. The smallest absolute Gasteiger partial charge is 0.246 e. The predicted octanol–water partition coefficient (Wildman–Crippen LogP) is 1.42. The molecule has 0 radical (unpaired) electrons. The third-order valence-corrected chi connectivity index (χ3v) is 4.61. The molecule has 0 spiro atoms. The highest BCUT2D eigenvalue weighted by molar-refractivity contribution is 6.03. The van der Waals surface area contributed by atoms with Gasteiger partial charge >= 0.3 is 0 Å². The van der Waals surface area contributed by atoms with Gasteiger partial charge < -0.3 is 4.74 Å². The van der Waals surface area contributed by atoms with Crippen LogP contribution in [0.5, 0.6) is 0 Å². The number of carbonyl (C=O) groups excluding carboxylic acids is 2. The van der Waals surface area contributed by atoms with Gasteiger partial charge in [-0.3, -0.25) is 19.4 Å². The lowest BCUT2D eigenvalue weighted by Gasteiger charge is -2.45. The van der Waals surface area contributed by atoms with Gasteiger partial charge in [0, 0.05) is 0 Å². The molecule has 5 heteroatoms. The topological polar surface area (TPSA) is 49.9 Å². The number of hydrogen-bond donors (Lipinski definition) is 0. The van der Waals surface area contributed by atoms with E-state index in [1.807, 2.05) is 42.3 Å². The van der Waals surface area contributed by atoms with E-state index in [0.29, 0.717) is 19.8 Å². The van der Waals surface area contributed by atoms with Crippen molar-refractivity contribution in [2.24, 2.45) is 0 Å². The van der Waals surface area contributed by atoms with Crippen molar-refractivity contribution in [3.63, 3.8) is 0 Å². The van der Waals surface area contributed by atoms with Crippen LogP contribution in [0.15, 0.2) is 30.3 Å². The quantitative estimate of drug-likeness (QED) is 0.610. The number of fused-ring (bicyclic) bond motifs is 2. The predicted molar refractivity (Wildman–Crippen MR) is 82.0 cm³/mol. The number of rotatable bonds is 5. The van der Waals surface area contributed by atoms with E-state index in [9.17, 15) is 9.59 Å². The van der Waals surface area contributed by atoms with Gasteiger partial charge in [0.05, 0.1) is 31.8 Å². The van der Waals surface area contributed by atoms with Crippen LogP contribution in [0.1, 0.15) is 24.8 Å². The molecule has 2 aliphatic heterocycles. The number of imide groups is 1. The van der Waals surface area contributed by atoms with Gasteiger partial charge in [0.2, 0.25) is 11.8 Å². The van der Waals surface area contributed by atoms with Crippen LogP contribution in [0.3, 0.4) is 0 Å². The Hall–Kier alpha value is -1.72. The molecular weight excluding hydrogens is 280 g/mol. The zero-order valence-electron chi connectivity index (χ0n) is 12.9. The first-order valence-electron chi connectivity index (χ1n) is 7.87. The second-order valence-electron chi connectivity index (χ2n) is 5.99. The lowest BCUT2D eigenvalue weighted by molar-refractivity contribution is -0.163. The molecule has 5 nitrogen and oxygen atoms in total. The highest BCUT2D eigenvalue weighted by Crippen LogP contribution is 2.28. The molecule has 2 unspecified atom stereocenters. The summed E-state index contributed by atoms with van der Waals surface area (Å²) in [7, 11) is 1.88. The van der Waals surface area contributed by atoms with Crippen molar-refractivity contribution in [1.29, 1.82) is 0 Å². The first-order valence-corrected chi connectivity index (χ1v) is 7.87. The van der Waals surface area contributed by atoms with E-state index in [4.69, 9.17) is 4.74 Å². The standard InChI is InChI=1S/C17H22N2O3/c1-18-14-8-5-9-15(18)17(21)19(16(14)20)10-11-22-12-13-6-3-2-4-7-13/h2-4,6-7,14-15H,5,8-12H2,1H3. The number of piperidine rings is 1. The summed E-state index contributed by atoms with van der Waals surface area (Å²) in [5.74, 6) is -0.126. The molecule has 1 aromatic carbocycles. The van der Waals surface area contributed by atoms with E-state index in [-0.39, 0.29) is 23.9 Å². The molecule has 2 atom stereocenters. The fourth-order valence-electron chi connectivity index (χ4n) is 3.33. The monoisotopic (exact) mass is 302 g/mol. The van der Waals surface area contributed by atoms with Gasteiger partial charge in [-0.15, -0.1) is 0 Å². The maximum atomic E-state index is 12.4. The summed E-state index contributed by atoms with van der Waals surface area (Å²) in [6, 6.07) is 9.62. The highest BCUT2D eigenvalue weighted by Gasteiger charge is 2.46. The Labute approximate surface area is 130 Å². The van der Waals surface area contributed by atoms with Gasteiger partial charge in [-0.1, -0.05) is 30.3 Å². The minimum Gasteiger partial charge on any atom is -0.375 e. The van der Waals surface area contributed by atoms with E-state index >= 15 is 0 Å².